The number of nitrogens with one attached hydrogen (secondary N) is 1. The van der Waals surface area contributed by atoms with Crippen molar-refractivity contribution in [3.8, 4) is 0 Å². The maximum absolute atomic E-state index is 11.9. The number of nitrogens with zero attached hydrogens (tertiary/aromatic N) is 1. The molecule has 108 valence electrons. The van der Waals surface area contributed by atoms with Gasteiger partial charge >= 0.3 is 0 Å². The standard InChI is InChI=1S/C12H19ClN2O2S2/c13-11-5-6-12(18-11)19(16,17)14-7-4-10-15-8-2-1-3-9-15/h5-6,14H,1-4,7-10H2. The number of hydrogen-bond acceptors (Lipinski definition) is 4. The first kappa shape index (κ1) is 15.3. The van der Waals surface area contributed by atoms with E-state index in [9.17, 15) is 8.42 Å². The fourth-order valence-electron chi connectivity index (χ4n) is 2.21. The number of halogens is 1. The zero-order valence-electron chi connectivity index (χ0n) is 10.8. The van der Waals surface area contributed by atoms with Crippen molar-refractivity contribution in [2.75, 3.05) is 26.2 Å². The Morgan fingerprint density at radius 3 is 2.63 bits per heavy atom. The van der Waals surface area contributed by atoms with Crippen molar-refractivity contribution in [3.63, 3.8) is 0 Å². The van der Waals surface area contributed by atoms with Crippen LogP contribution in [0.4, 0.5) is 0 Å². The molecule has 0 bridgehead atoms. The second kappa shape index (κ2) is 7.04. The number of likely N-dealkylation sites (tertiary alicyclic amines) is 1. The van der Waals surface area contributed by atoms with Crippen LogP contribution < -0.4 is 4.72 Å². The highest BCUT2D eigenvalue weighted by Gasteiger charge is 2.16. The van der Waals surface area contributed by atoms with Gasteiger partial charge in [0.2, 0.25) is 10.0 Å². The van der Waals surface area contributed by atoms with Crippen LogP contribution in [0.5, 0.6) is 0 Å². The van der Waals surface area contributed by atoms with Gasteiger partial charge in [-0.15, -0.1) is 11.3 Å². The van der Waals surface area contributed by atoms with Crippen molar-refractivity contribution in [2.24, 2.45) is 0 Å². The van der Waals surface area contributed by atoms with Crippen LogP contribution in [0.25, 0.3) is 0 Å². The van der Waals surface area contributed by atoms with Crippen LogP contribution in [0.1, 0.15) is 25.7 Å². The van der Waals surface area contributed by atoms with Crippen molar-refractivity contribution in [1.29, 1.82) is 0 Å². The first-order valence-electron chi connectivity index (χ1n) is 6.55. The van der Waals surface area contributed by atoms with Gasteiger partial charge in [-0.1, -0.05) is 18.0 Å². The lowest BCUT2D eigenvalue weighted by atomic mass is 10.1. The normalized spacial score (nSPS) is 17.7. The molecule has 7 heteroatoms. The zero-order valence-corrected chi connectivity index (χ0v) is 13.2. The Kier molecular flexibility index (Phi) is 5.65. The monoisotopic (exact) mass is 322 g/mol. The second-order valence-electron chi connectivity index (χ2n) is 4.71. The fraction of sp³-hybridized carbons (Fsp3) is 0.667. The van der Waals surface area contributed by atoms with Gasteiger partial charge in [-0.05, 0) is 51.0 Å². The van der Waals surface area contributed by atoms with E-state index in [2.05, 4.69) is 9.62 Å². The number of hydrogen-bond donors (Lipinski definition) is 1. The van der Waals surface area contributed by atoms with Gasteiger partial charge in [0.05, 0.1) is 4.34 Å². The van der Waals surface area contributed by atoms with E-state index >= 15 is 0 Å². The van der Waals surface area contributed by atoms with Crippen LogP contribution >= 0.6 is 22.9 Å². The molecule has 19 heavy (non-hydrogen) atoms. The van der Waals surface area contributed by atoms with Crippen molar-refractivity contribution >= 4 is 33.0 Å². The smallest absolute Gasteiger partial charge is 0.250 e. The number of thiophene rings is 1. The van der Waals surface area contributed by atoms with Gasteiger partial charge < -0.3 is 4.90 Å². The molecule has 0 aromatic carbocycles. The SMILES string of the molecule is O=S(=O)(NCCCN1CCCCC1)c1ccc(Cl)s1. The van der Waals surface area contributed by atoms with E-state index in [1.54, 1.807) is 12.1 Å². The summed E-state index contributed by atoms with van der Waals surface area (Å²) >= 11 is 6.83. The molecule has 1 N–H and O–H groups in total. The lowest BCUT2D eigenvalue weighted by molar-refractivity contribution is 0.227. The molecule has 2 heterocycles. The van der Waals surface area contributed by atoms with Crippen molar-refractivity contribution < 1.29 is 8.42 Å². The summed E-state index contributed by atoms with van der Waals surface area (Å²) in [6.45, 7) is 3.74. The quantitative estimate of drug-likeness (QED) is 0.819. The Morgan fingerprint density at radius 1 is 1.26 bits per heavy atom. The first-order chi connectivity index (χ1) is 9.08. The average Bonchev–Trinajstić information content (AvgIpc) is 2.84. The Hall–Kier alpha value is -0.140. The summed E-state index contributed by atoms with van der Waals surface area (Å²) < 4.78 is 27.3. The molecule has 0 radical (unpaired) electrons. The summed E-state index contributed by atoms with van der Waals surface area (Å²) in [5.41, 5.74) is 0. The molecule has 1 fully saturated rings. The molecule has 4 nitrogen and oxygen atoms in total. The number of piperidine rings is 1. The fourth-order valence-corrected chi connectivity index (χ4v) is 4.81. The van der Waals surface area contributed by atoms with E-state index in [0.717, 1.165) is 37.4 Å². The maximum atomic E-state index is 11.9. The summed E-state index contributed by atoms with van der Waals surface area (Å²) in [5, 5.41) is 0. The average molecular weight is 323 g/mol. The Labute approximate surface area is 123 Å². The summed E-state index contributed by atoms with van der Waals surface area (Å²) in [4.78, 5) is 2.40. The van der Waals surface area contributed by atoms with Gasteiger partial charge in [0.1, 0.15) is 4.21 Å². The minimum absolute atomic E-state index is 0.287. The highest BCUT2D eigenvalue weighted by molar-refractivity contribution is 7.91. The van der Waals surface area contributed by atoms with Gasteiger partial charge in [0.15, 0.2) is 0 Å². The highest BCUT2D eigenvalue weighted by atomic mass is 35.5. The molecule has 0 atom stereocenters. The largest absolute Gasteiger partial charge is 0.303 e. The van der Waals surface area contributed by atoms with Gasteiger partial charge in [0, 0.05) is 6.54 Å². The molecule has 0 amide bonds. The lowest BCUT2D eigenvalue weighted by Gasteiger charge is -2.26. The zero-order chi connectivity index (χ0) is 13.7. The van der Waals surface area contributed by atoms with Crippen LogP contribution in [0.3, 0.4) is 0 Å². The van der Waals surface area contributed by atoms with E-state index in [0.29, 0.717) is 10.9 Å². The molecule has 1 saturated heterocycles. The Balaban J connectivity index is 1.72. The van der Waals surface area contributed by atoms with Crippen LogP contribution in [-0.2, 0) is 10.0 Å². The molecule has 0 unspecified atom stereocenters. The molecular formula is C12H19ClN2O2S2. The van der Waals surface area contributed by atoms with Crippen LogP contribution in [-0.4, -0.2) is 39.5 Å². The molecule has 0 spiro atoms. The lowest BCUT2D eigenvalue weighted by Crippen LogP contribution is -2.33. The topological polar surface area (TPSA) is 49.4 Å². The van der Waals surface area contributed by atoms with Gasteiger partial charge in [-0.2, -0.15) is 0 Å². The first-order valence-corrected chi connectivity index (χ1v) is 9.23. The van der Waals surface area contributed by atoms with Gasteiger partial charge in [0.25, 0.3) is 0 Å². The minimum Gasteiger partial charge on any atom is -0.303 e. The predicted octanol–water partition coefficient (Wildman–Crippen LogP) is 2.56. The van der Waals surface area contributed by atoms with Crippen molar-refractivity contribution in [1.82, 2.24) is 9.62 Å². The second-order valence-corrected chi connectivity index (χ2v) is 8.42. The minimum atomic E-state index is -3.38. The molecular weight excluding hydrogens is 304 g/mol. The molecule has 0 aliphatic carbocycles. The van der Waals surface area contributed by atoms with E-state index in [-0.39, 0.29) is 4.21 Å². The van der Waals surface area contributed by atoms with E-state index in [1.807, 2.05) is 0 Å². The Bertz CT molecular complexity index is 496. The summed E-state index contributed by atoms with van der Waals surface area (Å²) in [7, 11) is -3.38. The predicted molar refractivity (Wildman–Crippen MR) is 79.4 cm³/mol. The summed E-state index contributed by atoms with van der Waals surface area (Å²) in [6.07, 6.45) is 4.69. The van der Waals surface area contributed by atoms with Crippen LogP contribution in [0.15, 0.2) is 16.3 Å². The van der Waals surface area contributed by atoms with Gasteiger partial charge in [-0.25, -0.2) is 13.1 Å². The number of sulfonamides is 1. The summed E-state index contributed by atoms with van der Waals surface area (Å²) in [6, 6.07) is 3.15. The maximum Gasteiger partial charge on any atom is 0.250 e. The Morgan fingerprint density at radius 2 is 2.00 bits per heavy atom. The van der Waals surface area contributed by atoms with Crippen molar-refractivity contribution in [3.05, 3.63) is 16.5 Å². The molecule has 1 aromatic rings. The molecule has 2 rings (SSSR count). The third kappa shape index (κ3) is 4.72. The van der Waals surface area contributed by atoms with E-state index < -0.39 is 10.0 Å². The highest BCUT2D eigenvalue weighted by Crippen LogP contribution is 2.25. The molecule has 1 aromatic heterocycles. The third-order valence-corrected chi connectivity index (χ3v) is 6.39. The van der Waals surface area contributed by atoms with Crippen molar-refractivity contribution in [2.45, 2.75) is 29.9 Å². The van der Waals surface area contributed by atoms with E-state index in [1.165, 1.54) is 19.3 Å². The van der Waals surface area contributed by atoms with E-state index in [4.69, 9.17) is 11.6 Å². The summed E-state index contributed by atoms with van der Waals surface area (Å²) in [5.74, 6) is 0. The molecule has 1 aliphatic rings. The van der Waals surface area contributed by atoms with Crippen LogP contribution in [0.2, 0.25) is 4.34 Å². The molecule has 0 saturated carbocycles. The van der Waals surface area contributed by atoms with Crippen LogP contribution in [0, 0.1) is 0 Å². The molecule has 1 aliphatic heterocycles. The van der Waals surface area contributed by atoms with Gasteiger partial charge in [-0.3, -0.25) is 0 Å². The number of rotatable bonds is 6. The third-order valence-electron chi connectivity index (χ3n) is 3.21.